The van der Waals surface area contributed by atoms with Gasteiger partial charge in [-0.15, -0.1) is 0 Å². The van der Waals surface area contributed by atoms with E-state index >= 15 is 0 Å². The van der Waals surface area contributed by atoms with Crippen molar-refractivity contribution in [1.82, 2.24) is 14.8 Å². The molecule has 0 aliphatic carbocycles. The highest BCUT2D eigenvalue weighted by Crippen LogP contribution is 2.40. The summed E-state index contributed by atoms with van der Waals surface area (Å²) in [6.45, 7) is 0.500. The molecule has 0 saturated carbocycles. The van der Waals surface area contributed by atoms with Crippen molar-refractivity contribution >= 4 is 58.0 Å². The zero-order valence-electron chi connectivity index (χ0n) is 12.6. The molecule has 1 fully saturated rings. The van der Waals surface area contributed by atoms with Crippen LogP contribution in [0, 0.1) is 5.82 Å². The third-order valence-electron chi connectivity index (χ3n) is 4.11. The van der Waals surface area contributed by atoms with Crippen molar-refractivity contribution in [2.45, 2.75) is 5.41 Å². The summed E-state index contributed by atoms with van der Waals surface area (Å²) in [5.74, 6) is -1.12. The fourth-order valence-electron chi connectivity index (χ4n) is 3.01. The summed E-state index contributed by atoms with van der Waals surface area (Å²) in [6, 6.07) is 1.52. The molecule has 0 spiro atoms. The Morgan fingerprint density at radius 3 is 2.88 bits per heavy atom. The number of halogens is 3. The summed E-state index contributed by atoms with van der Waals surface area (Å²) in [4.78, 5) is 33.0. The summed E-state index contributed by atoms with van der Waals surface area (Å²) in [5.41, 5.74) is -0.675. The van der Waals surface area contributed by atoms with Crippen molar-refractivity contribution in [2.24, 2.45) is 0 Å². The Balaban J connectivity index is 2.20. The standard InChI is InChI=1S/C14H11BBrClFN3O3/c1-24-13(23)14(3-21(4-14)15-5-22)12-7-2-8(17)9(16)10(18)11(7)19-6-20-12/h2,5-6,15H,3-4H2,1H3. The van der Waals surface area contributed by atoms with E-state index < -0.39 is 17.2 Å². The van der Waals surface area contributed by atoms with Crippen LogP contribution in [-0.4, -0.2) is 54.5 Å². The normalized spacial score (nSPS) is 16.5. The highest BCUT2D eigenvalue weighted by molar-refractivity contribution is 9.10. The number of benzene rings is 1. The molecule has 0 N–H and O–H groups in total. The number of rotatable bonds is 4. The molecule has 1 aromatic carbocycles. The van der Waals surface area contributed by atoms with Crippen LogP contribution in [-0.2, 0) is 19.7 Å². The first-order chi connectivity index (χ1) is 11.4. The monoisotopic (exact) mass is 413 g/mol. The van der Waals surface area contributed by atoms with Crippen LogP contribution in [0.5, 0.6) is 0 Å². The highest BCUT2D eigenvalue weighted by Gasteiger charge is 2.53. The van der Waals surface area contributed by atoms with Crippen LogP contribution in [0.1, 0.15) is 5.69 Å². The number of ether oxygens (including phenoxy) is 1. The molecule has 1 aliphatic rings. The zero-order chi connectivity index (χ0) is 17.5. The van der Waals surface area contributed by atoms with E-state index in [2.05, 4.69) is 25.9 Å². The molecule has 3 rings (SSSR count). The Morgan fingerprint density at radius 1 is 1.54 bits per heavy atom. The van der Waals surface area contributed by atoms with Gasteiger partial charge in [0.05, 0.1) is 28.5 Å². The van der Waals surface area contributed by atoms with Gasteiger partial charge in [0, 0.05) is 18.5 Å². The van der Waals surface area contributed by atoms with Crippen LogP contribution in [0.15, 0.2) is 16.9 Å². The molecule has 2 heterocycles. The van der Waals surface area contributed by atoms with Gasteiger partial charge in [-0.05, 0) is 22.0 Å². The van der Waals surface area contributed by atoms with Crippen LogP contribution < -0.4 is 0 Å². The van der Waals surface area contributed by atoms with E-state index in [9.17, 15) is 14.0 Å². The Bertz CT molecular complexity index is 848. The second-order valence-corrected chi connectivity index (χ2v) is 6.71. The predicted octanol–water partition coefficient (Wildman–Crippen LogP) is 1.45. The highest BCUT2D eigenvalue weighted by atomic mass is 79.9. The smallest absolute Gasteiger partial charge is 0.320 e. The second kappa shape index (κ2) is 6.38. The fraction of sp³-hybridized carbons (Fsp3) is 0.286. The number of carbonyl (C=O) groups excluding carboxylic acids is 2. The maximum atomic E-state index is 14.4. The van der Waals surface area contributed by atoms with Gasteiger partial charge in [-0.25, -0.2) is 14.4 Å². The number of nitrogens with zero attached hydrogens (tertiary/aromatic N) is 3. The lowest BCUT2D eigenvalue weighted by molar-refractivity contribution is -0.152. The van der Waals surface area contributed by atoms with Crippen molar-refractivity contribution in [1.29, 1.82) is 0 Å². The molecule has 0 bridgehead atoms. The van der Waals surface area contributed by atoms with Gasteiger partial charge in [-0.1, -0.05) is 11.6 Å². The Kier molecular flexibility index (Phi) is 4.59. The van der Waals surface area contributed by atoms with Gasteiger partial charge >= 0.3 is 5.97 Å². The van der Waals surface area contributed by atoms with Gasteiger partial charge < -0.3 is 14.3 Å². The molecule has 0 amide bonds. The van der Waals surface area contributed by atoms with Crippen molar-refractivity contribution < 1.29 is 18.7 Å². The van der Waals surface area contributed by atoms with E-state index in [0.717, 1.165) is 6.19 Å². The number of hydrogen-bond acceptors (Lipinski definition) is 6. The minimum Gasteiger partial charge on any atom is -0.468 e. The van der Waals surface area contributed by atoms with E-state index in [-0.39, 0.29) is 35.5 Å². The van der Waals surface area contributed by atoms with Crippen LogP contribution >= 0.6 is 27.5 Å². The van der Waals surface area contributed by atoms with Gasteiger partial charge in [-0.2, -0.15) is 0 Å². The molecule has 0 radical (unpaired) electrons. The molecular weight excluding hydrogens is 403 g/mol. The van der Waals surface area contributed by atoms with Crippen molar-refractivity contribution in [3.05, 3.63) is 33.4 Å². The SMILES string of the molecule is COC(=O)C1(c2ncnc3c(F)c(Br)c(Cl)cc23)CN(BC=O)C1. The summed E-state index contributed by atoms with van der Waals surface area (Å²) < 4.78 is 19.5. The maximum Gasteiger partial charge on any atom is 0.320 e. The van der Waals surface area contributed by atoms with Crippen LogP contribution in [0.25, 0.3) is 10.9 Å². The maximum absolute atomic E-state index is 14.4. The van der Waals surface area contributed by atoms with Gasteiger partial charge in [0.1, 0.15) is 17.3 Å². The van der Waals surface area contributed by atoms with Crippen LogP contribution in [0.2, 0.25) is 5.02 Å². The number of aromatic nitrogens is 2. The quantitative estimate of drug-likeness (QED) is 0.326. The number of esters is 1. The Morgan fingerprint density at radius 2 is 2.25 bits per heavy atom. The van der Waals surface area contributed by atoms with E-state index in [4.69, 9.17) is 16.3 Å². The molecule has 0 atom stereocenters. The fourth-order valence-corrected chi connectivity index (χ4v) is 3.50. The molecule has 10 heteroatoms. The lowest BCUT2D eigenvalue weighted by Gasteiger charge is -2.47. The minimum atomic E-state index is -1.08. The van der Waals surface area contributed by atoms with Gasteiger partial charge in [0.15, 0.2) is 5.82 Å². The van der Waals surface area contributed by atoms with Crippen molar-refractivity contribution in [2.75, 3.05) is 20.2 Å². The van der Waals surface area contributed by atoms with Gasteiger partial charge in [0.2, 0.25) is 0 Å². The first-order valence-corrected chi connectivity index (χ1v) is 8.15. The molecule has 1 saturated heterocycles. The summed E-state index contributed by atoms with van der Waals surface area (Å²) in [6.07, 6.45) is 1.96. The van der Waals surface area contributed by atoms with E-state index in [0.29, 0.717) is 11.1 Å². The predicted molar refractivity (Wildman–Crippen MR) is 91.4 cm³/mol. The average Bonchev–Trinajstić information content (AvgIpc) is 2.55. The van der Waals surface area contributed by atoms with E-state index in [1.165, 1.54) is 19.5 Å². The molecule has 1 aliphatic heterocycles. The Hall–Kier alpha value is -1.58. The first-order valence-electron chi connectivity index (χ1n) is 6.97. The molecule has 6 nitrogen and oxygen atoms in total. The van der Waals surface area contributed by atoms with Gasteiger partial charge in [0.25, 0.3) is 7.41 Å². The third-order valence-corrected chi connectivity index (χ3v) is 5.42. The molecule has 1 aromatic heterocycles. The molecular formula is C14H11BBrClFN3O3. The van der Waals surface area contributed by atoms with Gasteiger partial charge in [-0.3, -0.25) is 4.79 Å². The van der Waals surface area contributed by atoms with E-state index in [1.54, 1.807) is 4.81 Å². The largest absolute Gasteiger partial charge is 0.468 e. The molecule has 24 heavy (non-hydrogen) atoms. The lowest BCUT2D eigenvalue weighted by Crippen LogP contribution is -2.65. The summed E-state index contributed by atoms with van der Waals surface area (Å²) in [7, 11) is 1.47. The average molecular weight is 414 g/mol. The zero-order valence-corrected chi connectivity index (χ0v) is 14.9. The van der Waals surface area contributed by atoms with Crippen molar-refractivity contribution in [3.8, 4) is 0 Å². The number of hydrogen-bond donors (Lipinski definition) is 0. The van der Waals surface area contributed by atoms with Crippen LogP contribution in [0.3, 0.4) is 0 Å². The van der Waals surface area contributed by atoms with Crippen LogP contribution in [0.4, 0.5) is 4.39 Å². The van der Waals surface area contributed by atoms with E-state index in [1.807, 2.05) is 0 Å². The lowest BCUT2D eigenvalue weighted by atomic mass is 9.70. The third kappa shape index (κ3) is 2.51. The molecule has 124 valence electrons. The Labute approximate surface area is 150 Å². The summed E-state index contributed by atoms with van der Waals surface area (Å²) >= 11 is 9.13. The number of carbonyl (C=O) groups is 2. The minimum absolute atomic E-state index is 0.0633. The van der Waals surface area contributed by atoms with Crippen molar-refractivity contribution in [3.63, 3.8) is 0 Å². The summed E-state index contributed by atoms with van der Waals surface area (Å²) in [5, 5.41) is 0.500. The number of methoxy groups -OCH3 is 1. The second-order valence-electron chi connectivity index (χ2n) is 5.51. The first kappa shape index (κ1) is 17.3. The topological polar surface area (TPSA) is 72.4 Å². The molecule has 2 aromatic rings. The molecule has 0 unspecified atom stereocenters. The number of fused-ring (bicyclic) bond motifs is 1.